The van der Waals surface area contributed by atoms with Crippen LogP contribution in [0, 0.1) is 0 Å². The Morgan fingerprint density at radius 2 is 1.32 bits per heavy atom. The molecule has 0 spiro atoms. The van der Waals surface area contributed by atoms with Crippen molar-refractivity contribution in [2.45, 2.75) is 96.1 Å². The second-order valence-corrected chi connectivity index (χ2v) is 6.69. The van der Waals surface area contributed by atoms with E-state index in [0.717, 1.165) is 6.54 Å². The van der Waals surface area contributed by atoms with Crippen molar-refractivity contribution in [1.29, 1.82) is 0 Å². The Hall–Kier alpha value is 0.460. The second kappa shape index (κ2) is 19.5. The number of aliphatic hydroxyl groups excluding tert-OH is 1. The van der Waals surface area contributed by atoms with Gasteiger partial charge in [-0.15, -0.1) is 24.0 Å². The molecule has 138 valence electrons. The number of rotatable bonds is 14. The lowest BCUT2D eigenvalue weighted by Gasteiger charge is -2.23. The number of hydrogen-bond donors (Lipinski definition) is 2. The molecule has 0 aromatic heterocycles. The molecule has 2 unspecified atom stereocenters. The predicted molar refractivity (Wildman–Crippen MR) is 103 cm³/mol. The summed E-state index contributed by atoms with van der Waals surface area (Å²) >= 11 is 6.22. The summed E-state index contributed by atoms with van der Waals surface area (Å²) in [6.07, 6.45) is 14.0. The van der Waals surface area contributed by atoms with E-state index in [2.05, 4.69) is 11.8 Å². The van der Waals surface area contributed by atoms with Gasteiger partial charge in [-0.25, -0.2) is 0 Å². The summed E-state index contributed by atoms with van der Waals surface area (Å²) in [7, 11) is 2.05. The SMILES string of the molecule is CCCCCCCCCCCCN(C)C(Cl)CC(C)O.Cl.N. The Kier molecular flexibility index (Phi) is 24.2. The van der Waals surface area contributed by atoms with Crippen LogP contribution in [0.15, 0.2) is 0 Å². The fourth-order valence-electron chi connectivity index (χ4n) is 2.45. The molecule has 0 aromatic carbocycles. The molecule has 0 rings (SSSR count). The van der Waals surface area contributed by atoms with Crippen molar-refractivity contribution in [3.63, 3.8) is 0 Å². The van der Waals surface area contributed by atoms with E-state index >= 15 is 0 Å². The fraction of sp³-hybridized carbons (Fsp3) is 1.00. The summed E-state index contributed by atoms with van der Waals surface area (Å²) < 4.78 is 0. The van der Waals surface area contributed by atoms with Gasteiger partial charge in [-0.2, -0.15) is 0 Å². The van der Waals surface area contributed by atoms with Crippen molar-refractivity contribution < 1.29 is 5.11 Å². The van der Waals surface area contributed by atoms with Crippen LogP contribution >= 0.6 is 24.0 Å². The van der Waals surface area contributed by atoms with Gasteiger partial charge in [-0.1, -0.05) is 64.7 Å². The van der Waals surface area contributed by atoms with E-state index in [9.17, 15) is 5.11 Å². The molecular formula is C17H40Cl2N2O. The van der Waals surface area contributed by atoms with Crippen LogP contribution in [0.1, 0.15) is 84.5 Å². The molecule has 0 heterocycles. The summed E-state index contributed by atoms with van der Waals surface area (Å²) in [5.74, 6) is 0. The van der Waals surface area contributed by atoms with E-state index in [-0.39, 0.29) is 30.2 Å². The van der Waals surface area contributed by atoms with Crippen LogP contribution in [0.25, 0.3) is 0 Å². The van der Waals surface area contributed by atoms with E-state index in [1.165, 1.54) is 64.2 Å². The van der Waals surface area contributed by atoms with Crippen LogP contribution in [-0.2, 0) is 0 Å². The van der Waals surface area contributed by atoms with Gasteiger partial charge < -0.3 is 11.3 Å². The summed E-state index contributed by atoms with van der Waals surface area (Å²) in [6.45, 7) is 5.10. The van der Waals surface area contributed by atoms with E-state index in [4.69, 9.17) is 11.6 Å². The van der Waals surface area contributed by atoms with Crippen LogP contribution in [0.5, 0.6) is 0 Å². The average molecular weight is 359 g/mol. The molecule has 0 aliphatic rings. The van der Waals surface area contributed by atoms with Crippen molar-refractivity contribution in [1.82, 2.24) is 11.1 Å². The zero-order chi connectivity index (χ0) is 15.2. The molecule has 22 heavy (non-hydrogen) atoms. The molecule has 2 atom stereocenters. The summed E-state index contributed by atoms with van der Waals surface area (Å²) in [5.41, 5.74) is -0.0337. The van der Waals surface area contributed by atoms with Crippen molar-refractivity contribution in [3.8, 4) is 0 Å². The fourth-order valence-corrected chi connectivity index (χ4v) is 2.81. The molecule has 0 aromatic rings. The lowest BCUT2D eigenvalue weighted by molar-refractivity contribution is 0.153. The minimum absolute atomic E-state index is 0. The third-order valence-corrected chi connectivity index (χ3v) is 4.39. The van der Waals surface area contributed by atoms with Gasteiger partial charge in [0.25, 0.3) is 0 Å². The van der Waals surface area contributed by atoms with Crippen molar-refractivity contribution >= 4 is 24.0 Å². The van der Waals surface area contributed by atoms with Crippen molar-refractivity contribution in [3.05, 3.63) is 0 Å². The highest BCUT2D eigenvalue weighted by Crippen LogP contribution is 2.13. The van der Waals surface area contributed by atoms with Crippen LogP contribution in [0.3, 0.4) is 0 Å². The molecule has 0 aliphatic carbocycles. The Labute approximate surface area is 150 Å². The van der Waals surface area contributed by atoms with Gasteiger partial charge in [0.05, 0.1) is 11.6 Å². The summed E-state index contributed by atoms with van der Waals surface area (Å²) in [5, 5.41) is 9.31. The maximum Gasteiger partial charge on any atom is 0.0872 e. The second-order valence-electron chi connectivity index (χ2n) is 6.18. The minimum Gasteiger partial charge on any atom is -0.393 e. The smallest absolute Gasteiger partial charge is 0.0872 e. The van der Waals surface area contributed by atoms with Crippen LogP contribution < -0.4 is 6.15 Å². The van der Waals surface area contributed by atoms with E-state index in [1.807, 2.05) is 7.05 Å². The van der Waals surface area contributed by atoms with Gasteiger partial charge in [0.2, 0.25) is 0 Å². The Balaban J connectivity index is -0.00000180. The van der Waals surface area contributed by atoms with Crippen molar-refractivity contribution in [2.75, 3.05) is 13.6 Å². The molecule has 0 fully saturated rings. The maximum absolute atomic E-state index is 9.31. The van der Waals surface area contributed by atoms with Gasteiger partial charge >= 0.3 is 0 Å². The minimum atomic E-state index is -0.312. The Morgan fingerprint density at radius 1 is 0.909 bits per heavy atom. The number of alkyl halides is 1. The molecule has 3 nitrogen and oxygen atoms in total. The molecule has 0 radical (unpaired) electrons. The average Bonchev–Trinajstić information content (AvgIpc) is 2.39. The van der Waals surface area contributed by atoms with E-state index in [0.29, 0.717) is 6.42 Å². The first kappa shape index (κ1) is 27.3. The highest BCUT2D eigenvalue weighted by molar-refractivity contribution is 6.20. The van der Waals surface area contributed by atoms with Crippen LogP contribution in [-0.4, -0.2) is 35.2 Å². The first-order valence-corrected chi connectivity index (χ1v) is 9.04. The molecular weight excluding hydrogens is 319 g/mol. The summed E-state index contributed by atoms with van der Waals surface area (Å²) in [4.78, 5) is 2.15. The normalized spacial score (nSPS) is 13.4. The topological polar surface area (TPSA) is 58.5 Å². The largest absolute Gasteiger partial charge is 0.393 e. The molecule has 0 bridgehead atoms. The number of nitrogens with zero attached hydrogens (tertiary/aromatic N) is 1. The first-order valence-electron chi connectivity index (χ1n) is 8.60. The molecule has 0 saturated heterocycles. The molecule has 4 N–H and O–H groups in total. The highest BCUT2D eigenvalue weighted by atomic mass is 35.5. The monoisotopic (exact) mass is 358 g/mol. The van der Waals surface area contributed by atoms with Gasteiger partial charge in [0.15, 0.2) is 0 Å². The molecule has 0 amide bonds. The molecule has 0 saturated carbocycles. The quantitative estimate of drug-likeness (QED) is 0.235. The Bertz CT molecular complexity index is 207. The summed E-state index contributed by atoms with van der Waals surface area (Å²) in [6, 6.07) is 0. The lowest BCUT2D eigenvalue weighted by atomic mass is 10.1. The number of hydrogen-bond acceptors (Lipinski definition) is 3. The highest BCUT2D eigenvalue weighted by Gasteiger charge is 2.13. The number of halogens is 2. The van der Waals surface area contributed by atoms with E-state index < -0.39 is 0 Å². The standard InChI is InChI=1S/C17H36ClNO.ClH.H3N/c1-4-5-6-7-8-9-10-11-12-13-14-19(3)17(18)15-16(2)20;;/h16-17,20H,4-15H2,1-3H3;1H;1H3. The van der Waals surface area contributed by atoms with Crippen LogP contribution in [0.2, 0.25) is 0 Å². The first-order chi connectivity index (χ1) is 9.57. The third kappa shape index (κ3) is 18.5. The van der Waals surface area contributed by atoms with Crippen molar-refractivity contribution in [2.24, 2.45) is 0 Å². The van der Waals surface area contributed by atoms with Gasteiger partial charge in [-0.3, -0.25) is 4.90 Å². The van der Waals surface area contributed by atoms with Crippen LogP contribution in [0.4, 0.5) is 0 Å². The third-order valence-electron chi connectivity index (χ3n) is 3.88. The molecule has 5 heteroatoms. The van der Waals surface area contributed by atoms with Gasteiger partial charge in [0, 0.05) is 6.42 Å². The zero-order valence-corrected chi connectivity index (χ0v) is 16.6. The Morgan fingerprint density at radius 3 is 1.73 bits per heavy atom. The van der Waals surface area contributed by atoms with Gasteiger partial charge in [0.1, 0.15) is 0 Å². The number of aliphatic hydroxyl groups is 1. The molecule has 0 aliphatic heterocycles. The lowest BCUT2D eigenvalue weighted by Crippen LogP contribution is -2.30. The zero-order valence-electron chi connectivity index (χ0n) is 15.0. The maximum atomic E-state index is 9.31. The predicted octanol–water partition coefficient (Wildman–Crippen LogP) is 5.76. The van der Waals surface area contributed by atoms with Gasteiger partial charge in [-0.05, 0) is 26.9 Å². The van der Waals surface area contributed by atoms with E-state index in [1.54, 1.807) is 6.92 Å². The number of unbranched alkanes of at least 4 members (excludes halogenated alkanes) is 9.